The highest BCUT2D eigenvalue weighted by molar-refractivity contribution is 7.99. The van der Waals surface area contributed by atoms with Gasteiger partial charge in [0.05, 0.1) is 16.7 Å². The molecule has 0 atom stereocenters. The third-order valence-electron chi connectivity index (χ3n) is 2.31. The molecule has 0 bridgehead atoms. The van der Waals surface area contributed by atoms with Gasteiger partial charge in [0.1, 0.15) is 5.82 Å². The summed E-state index contributed by atoms with van der Waals surface area (Å²) in [6, 6.07) is 5.23. The summed E-state index contributed by atoms with van der Waals surface area (Å²) >= 11 is 13.4. The fraction of sp³-hybridized carbons (Fsp3) is 0.273. The molecule has 0 aliphatic heterocycles. The Morgan fingerprint density at radius 2 is 2.00 bits per heavy atom. The van der Waals surface area contributed by atoms with Gasteiger partial charge in [0.15, 0.2) is 5.75 Å². The maximum atomic E-state index is 5.99. The largest absolute Gasteiger partial charge is 0.490 e. The van der Waals surface area contributed by atoms with Crippen LogP contribution in [0.25, 0.3) is 0 Å². The van der Waals surface area contributed by atoms with Crippen molar-refractivity contribution in [1.82, 2.24) is 14.9 Å². The van der Waals surface area contributed by atoms with Crippen LogP contribution in [-0.4, -0.2) is 27.2 Å². The van der Waals surface area contributed by atoms with E-state index in [2.05, 4.69) is 10.2 Å². The Labute approximate surface area is 125 Å². The maximum absolute atomic E-state index is 5.99. The Morgan fingerprint density at radius 3 is 2.58 bits per heavy atom. The number of thioether (sulfide) groups is 1. The number of ether oxygens (including phenoxy) is 1. The number of hydrogen-bond donors (Lipinski definition) is 1. The summed E-state index contributed by atoms with van der Waals surface area (Å²) in [7, 11) is 0. The second-order valence-electron chi connectivity index (χ2n) is 3.65. The number of halogens is 2. The summed E-state index contributed by atoms with van der Waals surface area (Å²) in [4.78, 5) is 0. The van der Waals surface area contributed by atoms with Gasteiger partial charge in [-0.2, -0.15) is 0 Å². The summed E-state index contributed by atoms with van der Waals surface area (Å²) in [6.07, 6.45) is 0. The molecule has 19 heavy (non-hydrogen) atoms. The van der Waals surface area contributed by atoms with Gasteiger partial charge in [0, 0.05) is 5.75 Å². The molecule has 0 fully saturated rings. The highest BCUT2D eigenvalue weighted by atomic mass is 35.5. The zero-order chi connectivity index (χ0) is 13.8. The van der Waals surface area contributed by atoms with E-state index < -0.39 is 0 Å². The topological polar surface area (TPSA) is 66.0 Å². The van der Waals surface area contributed by atoms with Crippen molar-refractivity contribution in [1.29, 1.82) is 0 Å². The quantitative estimate of drug-likeness (QED) is 0.521. The minimum Gasteiger partial charge on any atom is -0.490 e. The molecule has 2 aromatic rings. The van der Waals surface area contributed by atoms with E-state index in [0.29, 0.717) is 39.1 Å². The average molecular weight is 319 g/mol. The molecule has 1 aromatic carbocycles. The first kappa shape index (κ1) is 14.3. The van der Waals surface area contributed by atoms with Crippen molar-refractivity contribution in [3.05, 3.63) is 34.1 Å². The smallest absolute Gasteiger partial charge is 0.209 e. The Bertz CT molecular complexity index is 556. The Morgan fingerprint density at radius 1 is 1.32 bits per heavy atom. The number of nitrogens with zero attached hydrogens (tertiary/aromatic N) is 3. The molecule has 2 rings (SSSR count). The lowest BCUT2D eigenvalue weighted by molar-refractivity contribution is 0.344. The molecule has 0 aliphatic rings. The Hall–Kier alpha value is -1.11. The molecule has 2 N–H and O–H groups in total. The van der Waals surface area contributed by atoms with E-state index in [-0.39, 0.29) is 0 Å². The number of aryl methyl sites for hydroxylation is 1. The fourth-order valence-corrected chi connectivity index (χ4v) is 2.57. The average Bonchev–Trinajstić information content (AvgIpc) is 2.69. The third kappa shape index (κ3) is 3.46. The molecule has 0 unspecified atom stereocenters. The van der Waals surface area contributed by atoms with Crippen LogP contribution in [0, 0.1) is 6.92 Å². The summed E-state index contributed by atoms with van der Waals surface area (Å²) in [5.74, 6) is 7.56. The van der Waals surface area contributed by atoms with Crippen molar-refractivity contribution in [2.24, 2.45) is 0 Å². The summed E-state index contributed by atoms with van der Waals surface area (Å²) in [5, 5.41) is 9.44. The molecule has 0 amide bonds. The van der Waals surface area contributed by atoms with E-state index in [0.717, 1.165) is 0 Å². The number of rotatable bonds is 5. The molecule has 0 saturated carbocycles. The first-order valence-electron chi connectivity index (χ1n) is 5.46. The predicted octanol–water partition coefficient (Wildman–Crippen LogP) is 2.78. The third-order valence-corrected chi connectivity index (χ3v) is 3.82. The molecular formula is C11H12Cl2N4OS. The molecule has 8 heteroatoms. The van der Waals surface area contributed by atoms with Gasteiger partial charge in [-0.3, -0.25) is 0 Å². The lowest BCUT2D eigenvalue weighted by Crippen LogP contribution is -2.12. The predicted molar refractivity (Wildman–Crippen MR) is 77.6 cm³/mol. The van der Waals surface area contributed by atoms with Crippen LogP contribution in [0.4, 0.5) is 0 Å². The van der Waals surface area contributed by atoms with Crippen LogP contribution >= 0.6 is 35.0 Å². The van der Waals surface area contributed by atoms with E-state index in [1.165, 1.54) is 16.4 Å². The highest BCUT2D eigenvalue weighted by Gasteiger charge is 2.08. The Kier molecular flexibility index (Phi) is 4.79. The van der Waals surface area contributed by atoms with Crippen LogP contribution in [0.5, 0.6) is 5.75 Å². The summed E-state index contributed by atoms with van der Waals surface area (Å²) in [6.45, 7) is 2.23. The van der Waals surface area contributed by atoms with Gasteiger partial charge >= 0.3 is 0 Å². The standard InChI is InChI=1S/C11H12Cl2N4OS/c1-7-15-16-11(17(7)14)19-6-5-18-10-8(12)3-2-4-9(10)13/h2-4H,5-6,14H2,1H3. The second-order valence-corrected chi connectivity index (χ2v) is 5.52. The van der Waals surface area contributed by atoms with Crippen LogP contribution in [0.15, 0.2) is 23.4 Å². The molecular weight excluding hydrogens is 307 g/mol. The van der Waals surface area contributed by atoms with Crippen molar-refractivity contribution in [2.45, 2.75) is 12.1 Å². The molecule has 0 spiro atoms. The number of nitrogen functional groups attached to an aromatic ring is 1. The van der Waals surface area contributed by atoms with Crippen molar-refractivity contribution >= 4 is 35.0 Å². The molecule has 0 saturated heterocycles. The number of aromatic nitrogens is 3. The van der Waals surface area contributed by atoms with E-state index in [1.54, 1.807) is 25.1 Å². The molecule has 0 aliphatic carbocycles. The lowest BCUT2D eigenvalue weighted by Gasteiger charge is -2.09. The zero-order valence-electron chi connectivity index (χ0n) is 10.1. The van der Waals surface area contributed by atoms with Gasteiger partial charge in [0.2, 0.25) is 5.16 Å². The van der Waals surface area contributed by atoms with Gasteiger partial charge in [-0.1, -0.05) is 41.0 Å². The zero-order valence-corrected chi connectivity index (χ0v) is 12.5. The first-order chi connectivity index (χ1) is 9.09. The monoisotopic (exact) mass is 318 g/mol. The molecule has 0 radical (unpaired) electrons. The van der Waals surface area contributed by atoms with Crippen molar-refractivity contribution < 1.29 is 4.74 Å². The van der Waals surface area contributed by atoms with Crippen molar-refractivity contribution in [3.8, 4) is 5.75 Å². The molecule has 1 aromatic heterocycles. The number of benzene rings is 1. The van der Waals surface area contributed by atoms with E-state index >= 15 is 0 Å². The first-order valence-corrected chi connectivity index (χ1v) is 7.20. The van der Waals surface area contributed by atoms with Gasteiger partial charge in [-0.15, -0.1) is 10.2 Å². The number of hydrogen-bond acceptors (Lipinski definition) is 5. The number of para-hydroxylation sites is 1. The summed E-state index contributed by atoms with van der Waals surface area (Å²) in [5.41, 5.74) is 0. The van der Waals surface area contributed by atoms with Gasteiger partial charge < -0.3 is 10.6 Å². The fourth-order valence-electron chi connectivity index (χ4n) is 1.35. The highest BCUT2D eigenvalue weighted by Crippen LogP contribution is 2.32. The van der Waals surface area contributed by atoms with Gasteiger partial charge in [-0.25, -0.2) is 4.68 Å². The van der Waals surface area contributed by atoms with Crippen molar-refractivity contribution in [3.63, 3.8) is 0 Å². The van der Waals surface area contributed by atoms with Crippen LogP contribution in [0.2, 0.25) is 10.0 Å². The van der Waals surface area contributed by atoms with Crippen LogP contribution in [0.3, 0.4) is 0 Å². The minimum absolute atomic E-state index is 0.444. The van der Waals surface area contributed by atoms with Crippen LogP contribution in [-0.2, 0) is 0 Å². The lowest BCUT2D eigenvalue weighted by atomic mass is 10.3. The number of nitrogens with two attached hydrogens (primary N) is 1. The van der Waals surface area contributed by atoms with Crippen molar-refractivity contribution in [2.75, 3.05) is 18.2 Å². The summed E-state index contributed by atoms with van der Waals surface area (Å²) < 4.78 is 6.99. The molecule has 102 valence electrons. The van der Waals surface area contributed by atoms with Crippen LogP contribution < -0.4 is 10.6 Å². The van der Waals surface area contributed by atoms with E-state index in [9.17, 15) is 0 Å². The Balaban J connectivity index is 1.86. The molecule has 1 heterocycles. The minimum atomic E-state index is 0.444. The normalized spacial score (nSPS) is 10.7. The maximum Gasteiger partial charge on any atom is 0.209 e. The second kappa shape index (κ2) is 6.36. The van der Waals surface area contributed by atoms with Crippen LogP contribution in [0.1, 0.15) is 5.82 Å². The molecule has 5 nitrogen and oxygen atoms in total. The van der Waals surface area contributed by atoms with E-state index in [1.807, 2.05) is 0 Å². The van der Waals surface area contributed by atoms with E-state index in [4.69, 9.17) is 33.8 Å². The SMILES string of the molecule is Cc1nnc(SCCOc2c(Cl)cccc2Cl)n1N. The van der Waals surface area contributed by atoms with Gasteiger partial charge in [-0.05, 0) is 19.1 Å². The van der Waals surface area contributed by atoms with Gasteiger partial charge in [0.25, 0.3) is 0 Å².